The molecule has 1 aliphatic rings. The second-order valence-electron chi connectivity index (χ2n) is 7.70. The monoisotopic (exact) mass is 424 g/mol. The number of hydrogen-bond acceptors (Lipinski definition) is 5. The molecule has 0 aliphatic carbocycles. The molecule has 166 valence electrons. The number of ether oxygens (including phenoxy) is 1. The Labute approximate surface area is 184 Å². The first-order valence-corrected chi connectivity index (χ1v) is 10.8. The van der Waals surface area contributed by atoms with Crippen molar-refractivity contribution in [2.24, 2.45) is 0 Å². The van der Waals surface area contributed by atoms with Crippen LogP contribution in [0.3, 0.4) is 0 Å². The van der Waals surface area contributed by atoms with E-state index in [-0.39, 0.29) is 11.8 Å². The minimum atomic E-state index is -0.400. The van der Waals surface area contributed by atoms with Gasteiger partial charge in [0, 0.05) is 44.5 Å². The standard InChI is InChI=1S/C24H32N4O3/c1-3-12-25-22(29)18-27-13-15-28(16-14-27)23(19-8-5-4-6-9-19)24(30)26-20-10-7-11-21(17-20)31-2/h4-11,17,23H,3,12-16,18H2,1-2H3,(H,25,29)(H,26,30)/t23-/m1/s1. The Bertz CT molecular complexity index is 851. The lowest BCUT2D eigenvalue weighted by Crippen LogP contribution is -2.52. The first kappa shape index (κ1) is 22.8. The van der Waals surface area contributed by atoms with E-state index in [1.54, 1.807) is 7.11 Å². The number of amides is 2. The summed E-state index contributed by atoms with van der Waals surface area (Å²) >= 11 is 0. The van der Waals surface area contributed by atoms with E-state index in [4.69, 9.17) is 4.74 Å². The third-order valence-electron chi connectivity index (χ3n) is 5.41. The van der Waals surface area contributed by atoms with E-state index in [1.165, 1.54) is 0 Å². The molecule has 2 aromatic carbocycles. The van der Waals surface area contributed by atoms with Gasteiger partial charge < -0.3 is 15.4 Å². The van der Waals surface area contributed by atoms with Gasteiger partial charge >= 0.3 is 0 Å². The smallest absolute Gasteiger partial charge is 0.246 e. The Morgan fingerprint density at radius 2 is 1.77 bits per heavy atom. The summed E-state index contributed by atoms with van der Waals surface area (Å²) in [5, 5.41) is 5.97. The molecule has 0 unspecified atom stereocenters. The SMILES string of the molecule is CCCNC(=O)CN1CCN([C@@H](C(=O)Nc2cccc(OC)c2)c2ccccc2)CC1. The molecular weight excluding hydrogens is 392 g/mol. The minimum absolute atomic E-state index is 0.0608. The third-order valence-corrected chi connectivity index (χ3v) is 5.41. The van der Waals surface area contributed by atoms with Gasteiger partial charge in [-0.05, 0) is 24.1 Å². The molecule has 0 aromatic heterocycles. The lowest BCUT2D eigenvalue weighted by Gasteiger charge is -2.38. The maximum absolute atomic E-state index is 13.3. The van der Waals surface area contributed by atoms with Crippen LogP contribution in [0.15, 0.2) is 54.6 Å². The number of anilines is 1. The molecule has 2 N–H and O–H groups in total. The molecule has 2 aromatic rings. The lowest BCUT2D eigenvalue weighted by molar-refractivity contribution is -0.125. The Hall–Kier alpha value is -2.90. The zero-order chi connectivity index (χ0) is 22.1. The van der Waals surface area contributed by atoms with Crippen LogP contribution in [0.25, 0.3) is 0 Å². The van der Waals surface area contributed by atoms with E-state index in [0.29, 0.717) is 37.6 Å². The number of methoxy groups -OCH3 is 1. The second-order valence-corrected chi connectivity index (χ2v) is 7.70. The van der Waals surface area contributed by atoms with E-state index in [0.717, 1.165) is 25.1 Å². The predicted octanol–water partition coefficient (Wildman–Crippen LogP) is 2.52. The van der Waals surface area contributed by atoms with Crippen molar-refractivity contribution >= 4 is 17.5 Å². The van der Waals surface area contributed by atoms with Crippen LogP contribution in [0, 0.1) is 0 Å². The van der Waals surface area contributed by atoms with Crippen molar-refractivity contribution in [3.8, 4) is 5.75 Å². The second kappa shape index (κ2) is 11.5. The zero-order valence-electron chi connectivity index (χ0n) is 18.3. The van der Waals surface area contributed by atoms with Gasteiger partial charge in [-0.1, -0.05) is 43.3 Å². The van der Waals surface area contributed by atoms with Gasteiger partial charge in [-0.15, -0.1) is 0 Å². The fraction of sp³-hybridized carbons (Fsp3) is 0.417. The molecule has 2 amide bonds. The van der Waals surface area contributed by atoms with Gasteiger partial charge in [0.1, 0.15) is 11.8 Å². The van der Waals surface area contributed by atoms with Crippen molar-refractivity contribution in [2.75, 3.05) is 51.7 Å². The molecule has 0 radical (unpaired) electrons. The van der Waals surface area contributed by atoms with Gasteiger partial charge in [-0.2, -0.15) is 0 Å². The van der Waals surface area contributed by atoms with Crippen molar-refractivity contribution < 1.29 is 14.3 Å². The van der Waals surface area contributed by atoms with Crippen molar-refractivity contribution in [1.29, 1.82) is 0 Å². The highest BCUT2D eigenvalue weighted by Gasteiger charge is 2.31. The number of nitrogens with zero attached hydrogens (tertiary/aromatic N) is 2. The van der Waals surface area contributed by atoms with Crippen molar-refractivity contribution in [3.63, 3.8) is 0 Å². The number of piperazine rings is 1. The highest BCUT2D eigenvalue weighted by molar-refractivity contribution is 5.95. The van der Waals surface area contributed by atoms with E-state index in [2.05, 4.69) is 20.4 Å². The molecule has 7 nitrogen and oxygen atoms in total. The van der Waals surface area contributed by atoms with Crippen LogP contribution in [0.4, 0.5) is 5.69 Å². The highest BCUT2D eigenvalue weighted by Crippen LogP contribution is 2.25. The number of carbonyl (C=O) groups is 2. The van der Waals surface area contributed by atoms with Crippen LogP contribution >= 0.6 is 0 Å². The first-order chi connectivity index (χ1) is 15.1. The third kappa shape index (κ3) is 6.54. The average Bonchev–Trinajstić information content (AvgIpc) is 2.80. The summed E-state index contributed by atoms with van der Waals surface area (Å²) in [6.07, 6.45) is 0.931. The molecule has 7 heteroatoms. The van der Waals surface area contributed by atoms with Crippen LogP contribution < -0.4 is 15.4 Å². The van der Waals surface area contributed by atoms with Gasteiger partial charge in [0.25, 0.3) is 0 Å². The predicted molar refractivity (Wildman–Crippen MR) is 122 cm³/mol. The van der Waals surface area contributed by atoms with Gasteiger partial charge in [0.05, 0.1) is 13.7 Å². The summed E-state index contributed by atoms with van der Waals surface area (Å²) in [7, 11) is 1.61. The molecule has 31 heavy (non-hydrogen) atoms. The van der Waals surface area contributed by atoms with E-state index < -0.39 is 6.04 Å². The highest BCUT2D eigenvalue weighted by atomic mass is 16.5. The van der Waals surface area contributed by atoms with Crippen LogP contribution in [-0.4, -0.2) is 68.0 Å². The first-order valence-electron chi connectivity index (χ1n) is 10.8. The molecular formula is C24H32N4O3. The summed E-state index contributed by atoms with van der Waals surface area (Å²) in [5.74, 6) is 0.684. The Morgan fingerprint density at radius 1 is 1.03 bits per heavy atom. The zero-order valence-corrected chi connectivity index (χ0v) is 18.3. The Morgan fingerprint density at radius 3 is 2.45 bits per heavy atom. The number of nitrogens with one attached hydrogen (secondary N) is 2. The molecule has 1 atom stereocenters. The average molecular weight is 425 g/mol. The van der Waals surface area contributed by atoms with Crippen LogP contribution in [0.5, 0.6) is 5.75 Å². The summed E-state index contributed by atoms with van der Waals surface area (Å²) in [6.45, 7) is 6.07. The maximum atomic E-state index is 13.3. The summed E-state index contributed by atoms with van der Waals surface area (Å²) < 4.78 is 5.27. The fourth-order valence-electron chi connectivity index (χ4n) is 3.78. The normalized spacial score (nSPS) is 15.8. The molecule has 1 aliphatic heterocycles. The van der Waals surface area contributed by atoms with Crippen molar-refractivity contribution in [3.05, 3.63) is 60.2 Å². The van der Waals surface area contributed by atoms with Gasteiger partial charge in [0.15, 0.2) is 0 Å². The molecule has 3 rings (SSSR count). The van der Waals surface area contributed by atoms with Crippen molar-refractivity contribution in [1.82, 2.24) is 15.1 Å². The molecule has 1 saturated heterocycles. The number of carbonyl (C=O) groups excluding carboxylic acids is 2. The quantitative estimate of drug-likeness (QED) is 0.647. The van der Waals surface area contributed by atoms with Gasteiger partial charge in [-0.3, -0.25) is 19.4 Å². The topological polar surface area (TPSA) is 73.9 Å². The fourth-order valence-corrected chi connectivity index (χ4v) is 3.78. The van der Waals surface area contributed by atoms with Crippen LogP contribution in [0.2, 0.25) is 0 Å². The summed E-state index contributed by atoms with van der Waals surface area (Å²) in [5.41, 5.74) is 1.66. The molecule has 1 fully saturated rings. The van der Waals surface area contributed by atoms with E-state index in [9.17, 15) is 9.59 Å². The van der Waals surface area contributed by atoms with Crippen molar-refractivity contribution in [2.45, 2.75) is 19.4 Å². The summed E-state index contributed by atoms with van der Waals surface area (Å²) in [4.78, 5) is 29.7. The number of benzene rings is 2. The number of hydrogen-bond donors (Lipinski definition) is 2. The van der Waals surface area contributed by atoms with Gasteiger partial charge in [-0.25, -0.2) is 0 Å². The molecule has 0 spiro atoms. The minimum Gasteiger partial charge on any atom is -0.497 e. The Kier molecular flexibility index (Phi) is 8.44. The molecule has 0 bridgehead atoms. The Balaban J connectivity index is 1.67. The largest absolute Gasteiger partial charge is 0.497 e. The molecule has 1 heterocycles. The molecule has 0 saturated carbocycles. The van der Waals surface area contributed by atoms with Crippen LogP contribution in [0.1, 0.15) is 24.9 Å². The van der Waals surface area contributed by atoms with Gasteiger partial charge in [0.2, 0.25) is 11.8 Å². The number of rotatable bonds is 9. The van der Waals surface area contributed by atoms with Crippen LogP contribution in [-0.2, 0) is 9.59 Å². The lowest BCUT2D eigenvalue weighted by atomic mass is 10.0. The summed E-state index contributed by atoms with van der Waals surface area (Å²) in [6, 6.07) is 16.8. The van der Waals surface area contributed by atoms with E-state index >= 15 is 0 Å². The maximum Gasteiger partial charge on any atom is 0.246 e. The van der Waals surface area contributed by atoms with E-state index in [1.807, 2.05) is 61.5 Å².